The number of nitro benzene ring substituents is 1. The van der Waals surface area contributed by atoms with Crippen molar-refractivity contribution in [2.24, 2.45) is 0 Å². The van der Waals surface area contributed by atoms with Gasteiger partial charge in [0, 0.05) is 11.8 Å². The van der Waals surface area contributed by atoms with Crippen molar-refractivity contribution >= 4 is 17.3 Å². The van der Waals surface area contributed by atoms with Gasteiger partial charge in [-0.1, -0.05) is 48.5 Å². The second kappa shape index (κ2) is 8.88. The molecule has 0 fully saturated rings. The van der Waals surface area contributed by atoms with E-state index in [1.807, 2.05) is 49.4 Å². The van der Waals surface area contributed by atoms with Crippen LogP contribution in [-0.4, -0.2) is 17.9 Å². The molecule has 0 aromatic heterocycles. The van der Waals surface area contributed by atoms with Gasteiger partial charge < -0.3 is 14.8 Å². The summed E-state index contributed by atoms with van der Waals surface area (Å²) in [6.07, 6.45) is 0. The van der Waals surface area contributed by atoms with Gasteiger partial charge in [-0.2, -0.15) is 0 Å². The number of nitro groups is 1. The van der Waals surface area contributed by atoms with Crippen LogP contribution >= 0.6 is 0 Å². The summed E-state index contributed by atoms with van der Waals surface area (Å²) >= 11 is 0. The molecule has 3 aromatic rings. The van der Waals surface area contributed by atoms with E-state index >= 15 is 0 Å². The minimum atomic E-state index is -0.610. The molecule has 148 valence electrons. The van der Waals surface area contributed by atoms with Gasteiger partial charge in [0.2, 0.25) is 0 Å². The highest BCUT2D eigenvalue weighted by Crippen LogP contribution is 2.35. The lowest BCUT2D eigenvalue weighted by atomic mass is 10.1. The maximum absolute atomic E-state index is 12.7. The largest absolute Gasteiger partial charge is 0.493 e. The first-order valence-electron chi connectivity index (χ1n) is 8.89. The average molecular weight is 392 g/mol. The van der Waals surface area contributed by atoms with Crippen LogP contribution in [-0.2, 0) is 6.61 Å². The summed E-state index contributed by atoms with van der Waals surface area (Å²) in [5.74, 6) is -0.170. The number of para-hydroxylation sites is 1. The number of hydrogen-bond donors (Lipinski definition) is 1. The first-order valence-corrected chi connectivity index (χ1v) is 8.89. The molecule has 3 aromatic carbocycles. The van der Waals surface area contributed by atoms with Crippen molar-refractivity contribution in [2.75, 3.05) is 12.4 Å². The van der Waals surface area contributed by atoms with Crippen molar-refractivity contribution < 1.29 is 19.2 Å². The molecule has 0 spiro atoms. The van der Waals surface area contributed by atoms with Crippen LogP contribution in [0.2, 0.25) is 0 Å². The molecule has 7 heteroatoms. The molecule has 7 nitrogen and oxygen atoms in total. The van der Waals surface area contributed by atoms with Crippen molar-refractivity contribution in [2.45, 2.75) is 13.5 Å². The number of amides is 1. The van der Waals surface area contributed by atoms with E-state index in [1.54, 1.807) is 12.1 Å². The Hall–Kier alpha value is -3.87. The molecule has 0 heterocycles. The lowest BCUT2D eigenvalue weighted by molar-refractivity contribution is -0.385. The van der Waals surface area contributed by atoms with Gasteiger partial charge in [0.1, 0.15) is 12.2 Å². The quantitative estimate of drug-likeness (QED) is 0.463. The normalized spacial score (nSPS) is 10.3. The van der Waals surface area contributed by atoms with Crippen LogP contribution in [0.3, 0.4) is 0 Å². The fraction of sp³-hybridized carbons (Fsp3) is 0.136. The van der Waals surface area contributed by atoms with E-state index in [0.717, 1.165) is 11.1 Å². The van der Waals surface area contributed by atoms with Gasteiger partial charge in [0.15, 0.2) is 11.5 Å². The highest BCUT2D eigenvalue weighted by Gasteiger charge is 2.25. The third-order valence-corrected chi connectivity index (χ3v) is 4.35. The van der Waals surface area contributed by atoms with Gasteiger partial charge in [-0.05, 0) is 24.1 Å². The Kier molecular flexibility index (Phi) is 6.09. The Morgan fingerprint density at radius 2 is 1.72 bits per heavy atom. The van der Waals surface area contributed by atoms with Crippen LogP contribution in [0.1, 0.15) is 21.5 Å². The smallest absolute Gasteiger partial charge is 0.286 e. The number of methoxy groups -OCH3 is 1. The molecule has 1 amide bonds. The Morgan fingerprint density at radius 3 is 2.38 bits per heavy atom. The molecule has 29 heavy (non-hydrogen) atoms. The molecule has 0 saturated carbocycles. The van der Waals surface area contributed by atoms with Gasteiger partial charge >= 0.3 is 0 Å². The molecule has 1 N–H and O–H groups in total. The zero-order chi connectivity index (χ0) is 20.8. The van der Waals surface area contributed by atoms with E-state index < -0.39 is 10.8 Å². The second-order valence-electron chi connectivity index (χ2n) is 6.32. The highest BCUT2D eigenvalue weighted by molar-refractivity contribution is 6.07. The van der Waals surface area contributed by atoms with Gasteiger partial charge in [-0.15, -0.1) is 0 Å². The monoisotopic (exact) mass is 392 g/mol. The number of nitrogens with one attached hydrogen (secondary N) is 1. The zero-order valence-electron chi connectivity index (χ0n) is 16.0. The highest BCUT2D eigenvalue weighted by atomic mass is 16.6. The summed E-state index contributed by atoms with van der Waals surface area (Å²) in [5.41, 5.74) is 1.86. The van der Waals surface area contributed by atoms with Crippen LogP contribution in [0.15, 0.2) is 66.7 Å². The van der Waals surface area contributed by atoms with E-state index in [4.69, 9.17) is 9.47 Å². The third-order valence-electron chi connectivity index (χ3n) is 4.35. The predicted octanol–water partition coefficient (Wildman–Crippen LogP) is 4.74. The molecule has 0 aliphatic rings. The molecule has 0 aliphatic heterocycles. The second-order valence-corrected chi connectivity index (χ2v) is 6.32. The van der Waals surface area contributed by atoms with E-state index in [2.05, 4.69) is 5.32 Å². The van der Waals surface area contributed by atoms with Gasteiger partial charge in [-0.25, -0.2) is 0 Å². The average Bonchev–Trinajstić information content (AvgIpc) is 2.73. The molecule has 0 radical (unpaired) electrons. The Bertz CT molecular complexity index is 1030. The summed E-state index contributed by atoms with van der Waals surface area (Å²) in [4.78, 5) is 23.7. The van der Waals surface area contributed by atoms with Gasteiger partial charge in [0.25, 0.3) is 11.6 Å². The number of anilines is 1. The summed E-state index contributed by atoms with van der Waals surface area (Å²) < 4.78 is 11.0. The van der Waals surface area contributed by atoms with E-state index in [0.29, 0.717) is 5.69 Å². The zero-order valence-corrected chi connectivity index (χ0v) is 16.0. The van der Waals surface area contributed by atoms with Gasteiger partial charge in [0.05, 0.1) is 18.1 Å². The number of carbonyl (C=O) groups is 1. The summed E-state index contributed by atoms with van der Waals surface area (Å²) in [7, 11) is 1.42. The van der Waals surface area contributed by atoms with Crippen molar-refractivity contribution in [3.05, 3.63) is 93.5 Å². The van der Waals surface area contributed by atoms with Crippen LogP contribution in [0.4, 0.5) is 11.4 Å². The van der Waals surface area contributed by atoms with Crippen molar-refractivity contribution in [1.29, 1.82) is 0 Å². The topological polar surface area (TPSA) is 90.7 Å². The minimum Gasteiger partial charge on any atom is -0.493 e. The third kappa shape index (κ3) is 4.70. The summed E-state index contributed by atoms with van der Waals surface area (Å²) in [6.45, 7) is 2.05. The number of ether oxygens (including phenoxy) is 2. The molecular weight excluding hydrogens is 372 g/mol. The maximum Gasteiger partial charge on any atom is 0.286 e. The van der Waals surface area contributed by atoms with Crippen LogP contribution < -0.4 is 14.8 Å². The van der Waals surface area contributed by atoms with Crippen LogP contribution in [0.25, 0.3) is 0 Å². The molecule has 0 unspecified atom stereocenters. The number of nitrogens with zero attached hydrogens (tertiary/aromatic N) is 1. The predicted molar refractivity (Wildman–Crippen MR) is 110 cm³/mol. The first-order chi connectivity index (χ1) is 14.0. The maximum atomic E-state index is 12.7. The first kappa shape index (κ1) is 19.9. The minimum absolute atomic E-state index is 0.109. The molecule has 0 aliphatic carbocycles. The molecular formula is C22H20N2O5. The SMILES string of the molecule is COc1cc(C(=O)Nc2ccccc2C)c([N+](=O)[O-])cc1OCc1ccccc1. The summed E-state index contributed by atoms with van der Waals surface area (Å²) in [6, 6.07) is 19.1. The van der Waals surface area contributed by atoms with E-state index in [1.165, 1.54) is 19.2 Å². The molecule has 3 rings (SSSR count). The fourth-order valence-corrected chi connectivity index (χ4v) is 2.79. The van der Waals surface area contributed by atoms with Crippen molar-refractivity contribution in [1.82, 2.24) is 0 Å². The van der Waals surface area contributed by atoms with E-state index in [9.17, 15) is 14.9 Å². The van der Waals surface area contributed by atoms with Crippen LogP contribution in [0, 0.1) is 17.0 Å². The summed E-state index contributed by atoms with van der Waals surface area (Å²) in [5, 5.41) is 14.3. The number of rotatable bonds is 7. The number of carbonyl (C=O) groups excluding carboxylic acids is 1. The van der Waals surface area contributed by atoms with Gasteiger partial charge in [-0.3, -0.25) is 14.9 Å². The fourth-order valence-electron chi connectivity index (χ4n) is 2.79. The Balaban J connectivity index is 1.92. The van der Waals surface area contributed by atoms with Crippen LogP contribution in [0.5, 0.6) is 11.5 Å². The standard InChI is InChI=1S/C22H20N2O5/c1-15-8-6-7-11-18(15)23-22(25)17-12-20(28-2)21(13-19(17)24(26)27)29-14-16-9-4-3-5-10-16/h3-13H,14H2,1-2H3,(H,23,25). The number of benzene rings is 3. The lowest BCUT2D eigenvalue weighted by Gasteiger charge is -2.13. The lowest BCUT2D eigenvalue weighted by Crippen LogP contribution is -2.15. The number of aryl methyl sites for hydroxylation is 1. The Morgan fingerprint density at radius 1 is 1.03 bits per heavy atom. The molecule has 0 saturated heterocycles. The molecule has 0 bridgehead atoms. The van der Waals surface area contributed by atoms with Crippen molar-refractivity contribution in [3.8, 4) is 11.5 Å². The number of hydrogen-bond acceptors (Lipinski definition) is 5. The van der Waals surface area contributed by atoms with Crippen molar-refractivity contribution in [3.63, 3.8) is 0 Å². The van der Waals surface area contributed by atoms with E-state index in [-0.39, 0.29) is 29.4 Å². The molecule has 0 atom stereocenters. The Labute approximate surface area is 168 Å².